The number of benzene rings is 2. The summed E-state index contributed by atoms with van der Waals surface area (Å²) < 4.78 is 32.7. The molecular weight excluding hydrogens is 364 g/mol. The molecule has 2 atom stereocenters. The largest absolute Gasteiger partial charge is 0.462 e. The minimum absolute atomic E-state index is 0.0513. The molecule has 2 N–H and O–H groups in total. The monoisotopic (exact) mass is 388 g/mol. The van der Waals surface area contributed by atoms with Gasteiger partial charge in [0.25, 0.3) is 0 Å². The molecule has 0 amide bonds. The maximum Gasteiger partial charge on any atom is 0.338 e. The molecule has 6 nitrogen and oxygen atoms in total. The molecule has 0 aliphatic carbocycles. The molecule has 27 heavy (non-hydrogen) atoms. The van der Waals surface area contributed by atoms with Crippen LogP contribution in [0.25, 0.3) is 0 Å². The van der Waals surface area contributed by atoms with Crippen molar-refractivity contribution in [2.45, 2.75) is 17.7 Å². The molecule has 0 aromatic heterocycles. The molecule has 1 heterocycles. The molecule has 2 aromatic carbocycles. The van der Waals surface area contributed by atoms with Crippen molar-refractivity contribution in [1.82, 2.24) is 4.31 Å². The number of hydrogen-bond donors (Lipinski definition) is 1. The lowest BCUT2D eigenvalue weighted by atomic mass is 9.89. The van der Waals surface area contributed by atoms with Gasteiger partial charge in [-0.05, 0) is 43.1 Å². The molecule has 0 saturated carbocycles. The SMILES string of the molecule is CCOC(=O)c1cccc(S(=O)(=O)N2C[C@@H](CN)[C@H](c3ccccc3)C2)c1. The molecule has 7 heteroatoms. The molecule has 1 fully saturated rings. The van der Waals surface area contributed by atoms with Crippen LogP contribution >= 0.6 is 0 Å². The average Bonchev–Trinajstić information content (AvgIpc) is 3.14. The summed E-state index contributed by atoms with van der Waals surface area (Å²) >= 11 is 0. The average molecular weight is 388 g/mol. The van der Waals surface area contributed by atoms with E-state index in [4.69, 9.17) is 10.5 Å². The normalized spacial score (nSPS) is 20.5. The summed E-state index contributed by atoms with van der Waals surface area (Å²) in [6, 6.07) is 15.8. The predicted octanol–water partition coefficient (Wildman–Crippen LogP) is 2.23. The van der Waals surface area contributed by atoms with Crippen molar-refractivity contribution in [3.8, 4) is 0 Å². The lowest BCUT2D eigenvalue weighted by molar-refractivity contribution is 0.0526. The maximum absolute atomic E-state index is 13.1. The molecule has 0 unspecified atom stereocenters. The van der Waals surface area contributed by atoms with E-state index in [-0.39, 0.29) is 28.9 Å². The molecule has 3 rings (SSSR count). The van der Waals surface area contributed by atoms with Crippen LogP contribution in [0.15, 0.2) is 59.5 Å². The number of carbonyl (C=O) groups excluding carboxylic acids is 1. The van der Waals surface area contributed by atoms with E-state index in [0.29, 0.717) is 19.6 Å². The van der Waals surface area contributed by atoms with Gasteiger partial charge in [-0.15, -0.1) is 0 Å². The zero-order chi connectivity index (χ0) is 19.4. The van der Waals surface area contributed by atoms with Gasteiger partial charge in [-0.1, -0.05) is 36.4 Å². The van der Waals surface area contributed by atoms with Crippen molar-refractivity contribution in [1.29, 1.82) is 0 Å². The van der Waals surface area contributed by atoms with E-state index in [2.05, 4.69) is 0 Å². The summed E-state index contributed by atoms with van der Waals surface area (Å²) in [4.78, 5) is 12.0. The number of hydrogen-bond acceptors (Lipinski definition) is 5. The minimum atomic E-state index is -3.72. The van der Waals surface area contributed by atoms with Gasteiger partial charge in [0.2, 0.25) is 10.0 Å². The quantitative estimate of drug-likeness (QED) is 0.767. The van der Waals surface area contributed by atoms with Crippen molar-refractivity contribution in [2.24, 2.45) is 11.7 Å². The summed E-state index contributed by atoms with van der Waals surface area (Å²) in [7, 11) is -3.72. The molecule has 2 aromatic rings. The van der Waals surface area contributed by atoms with E-state index in [1.54, 1.807) is 19.1 Å². The Morgan fingerprint density at radius 3 is 2.56 bits per heavy atom. The Bertz CT molecular complexity index is 899. The molecule has 1 aliphatic rings. The fourth-order valence-electron chi connectivity index (χ4n) is 3.49. The van der Waals surface area contributed by atoms with Gasteiger partial charge in [0.1, 0.15) is 0 Å². The van der Waals surface area contributed by atoms with E-state index in [1.165, 1.54) is 16.4 Å². The highest BCUT2D eigenvalue weighted by atomic mass is 32.2. The van der Waals surface area contributed by atoms with E-state index >= 15 is 0 Å². The van der Waals surface area contributed by atoms with Gasteiger partial charge >= 0.3 is 5.97 Å². The van der Waals surface area contributed by atoms with Crippen LogP contribution in [0.4, 0.5) is 0 Å². The van der Waals surface area contributed by atoms with E-state index < -0.39 is 16.0 Å². The first kappa shape index (κ1) is 19.5. The van der Waals surface area contributed by atoms with Gasteiger partial charge in [0.15, 0.2) is 0 Å². The number of esters is 1. The Labute approximate surface area is 160 Å². The minimum Gasteiger partial charge on any atom is -0.462 e. The van der Waals surface area contributed by atoms with Gasteiger partial charge in [0, 0.05) is 19.0 Å². The first-order valence-corrected chi connectivity index (χ1v) is 10.4. The Hall–Kier alpha value is -2.22. The van der Waals surface area contributed by atoms with Crippen LogP contribution in [0.5, 0.6) is 0 Å². The lowest BCUT2D eigenvalue weighted by Gasteiger charge is -2.17. The number of sulfonamides is 1. The molecule has 144 valence electrons. The Morgan fingerprint density at radius 2 is 1.89 bits per heavy atom. The van der Waals surface area contributed by atoms with Crippen LogP contribution in [0.1, 0.15) is 28.8 Å². The first-order chi connectivity index (χ1) is 13.0. The predicted molar refractivity (Wildman–Crippen MR) is 103 cm³/mol. The second kappa shape index (κ2) is 8.21. The highest BCUT2D eigenvalue weighted by Crippen LogP contribution is 2.35. The fraction of sp³-hybridized carbons (Fsp3) is 0.350. The fourth-order valence-corrected chi connectivity index (χ4v) is 5.06. The van der Waals surface area contributed by atoms with Gasteiger partial charge < -0.3 is 10.5 Å². The van der Waals surface area contributed by atoms with Gasteiger partial charge in [0.05, 0.1) is 17.1 Å². The third-order valence-electron chi connectivity index (χ3n) is 4.92. The molecule has 1 aliphatic heterocycles. The van der Waals surface area contributed by atoms with Crippen LogP contribution in [0, 0.1) is 5.92 Å². The van der Waals surface area contributed by atoms with Crippen molar-refractivity contribution >= 4 is 16.0 Å². The Morgan fingerprint density at radius 1 is 1.15 bits per heavy atom. The highest BCUT2D eigenvalue weighted by molar-refractivity contribution is 7.89. The standard InChI is InChI=1S/C20H24N2O4S/c1-2-26-20(23)16-9-6-10-18(11-16)27(24,25)22-13-17(12-21)19(14-22)15-7-4-3-5-8-15/h3-11,17,19H,2,12-14,21H2,1H3/t17-,19+/m1/s1. The number of carbonyl (C=O) groups is 1. The molecular formula is C20H24N2O4S. The van der Waals surface area contributed by atoms with Gasteiger partial charge in [-0.2, -0.15) is 4.31 Å². The molecule has 1 saturated heterocycles. The van der Waals surface area contributed by atoms with Gasteiger partial charge in [-0.25, -0.2) is 13.2 Å². The Kier molecular flexibility index (Phi) is 5.94. The zero-order valence-electron chi connectivity index (χ0n) is 15.2. The van der Waals surface area contributed by atoms with E-state index in [0.717, 1.165) is 5.56 Å². The zero-order valence-corrected chi connectivity index (χ0v) is 16.1. The Balaban J connectivity index is 1.87. The van der Waals surface area contributed by atoms with Crippen molar-refractivity contribution in [2.75, 3.05) is 26.2 Å². The van der Waals surface area contributed by atoms with Crippen molar-refractivity contribution in [3.05, 3.63) is 65.7 Å². The molecule has 0 bridgehead atoms. The van der Waals surface area contributed by atoms with Crippen LogP contribution in [-0.2, 0) is 14.8 Å². The first-order valence-electron chi connectivity index (χ1n) is 8.99. The van der Waals surface area contributed by atoms with Crippen LogP contribution in [0.2, 0.25) is 0 Å². The van der Waals surface area contributed by atoms with Crippen LogP contribution in [-0.4, -0.2) is 44.9 Å². The van der Waals surface area contributed by atoms with Gasteiger partial charge in [-0.3, -0.25) is 0 Å². The van der Waals surface area contributed by atoms with Crippen LogP contribution in [0.3, 0.4) is 0 Å². The maximum atomic E-state index is 13.1. The molecule has 0 radical (unpaired) electrons. The number of ether oxygens (including phenoxy) is 1. The summed E-state index contributed by atoms with van der Waals surface area (Å²) in [5.74, 6) is -0.424. The number of nitrogens with zero attached hydrogens (tertiary/aromatic N) is 1. The third kappa shape index (κ3) is 4.05. The molecule has 0 spiro atoms. The van der Waals surface area contributed by atoms with Crippen LogP contribution < -0.4 is 5.73 Å². The van der Waals surface area contributed by atoms with E-state index in [9.17, 15) is 13.2 Å². The second-order valence-electron chi connectivity index (χ2n) is 6.58. The number of rotatable bonds is 6. The number of nitrogens with two attached hydrogens (primary N) is 1. The van der Waals surface area contributed by atoms with Crippen molar-refractivity contribution < 1.29 is 17.9 Å². The lowest BCUT2D eigenvalue weighted by Crippen LogP contribution is -2.30. The smallest absolute Gasteiger partial charge is 0.338 e. The summed E-state index contributed by atoms with van der Waals surface area (Å²) in [6.45, 7) is 3.09. The summed E-state index contributed by atoms with van der Waals surface area (Å²) in [6.07, 6.45) is 0. The third-order valence-corrected chi connectivity index (χ3v) is 6.75. The second-order valence-corrected chi connectivity index (χ2v) is 8.52. The topological polar surface area (TPSA) is 89.7 Å². The van der Waals surface area contributed by atoms with Crippen molar-refractivity contribution in [3.63, 3.8) is 0 Å². The highest BCUT2D eigenvalue weighted by Gasteiger charge is 2.39. The summed E-state index contributed by atoms with van der Waals surface area (Å²) in [5, 5.41) is 0. The summed E-state index contributed by atoms with van der Waals surface area (Å²) in [5.41, 5.74) is 7.24. The van der Waals surface area contributed by atoms with E-state index in [1.807, 2.05) is 30.3 Å².